The van der Waals surface area contributed by atoms with E-state index in [1.807, 2.05) is 36.4 Å². The number of unbranched alkanes of at least 4 members (excludes halogenated alkanes) is 1. The van der Waals surface area contributed by atoms with Gasteiger partial charge >= 0.3 is 5.97 Å². The highest BCUT2D eigenvalue weighted by molar-refractivity contribution is 7.98. The molecular weight excluding hydrogens is 1390 g/mol. The van der Waals surface area contributed by atoms with Crippen LogP contribution in [0.3, 0.4) is 0 Å². The van der Waals surface area contributed by atoms with Crippen molar-refractivity contribution in [1.29, 1.82) is 0 Å². The second kappa shape index (κ2) is 38.6. The van der Waals surface area contributed by atoms with Gasteiger partial charge in [0.05, 0.1) is 19.1 Å². The lowest BCUT2D eigenvalue weighted by Gasteiger charge is -2.34. The van der Waals surface area contributed by atoms with Crippen molar-refractivity contribution in [2.75, 3.05) is 57.4 Å². The van der Waals surface area contributed by atoms with Crippen molar-refractivity contribution < 1.29 is 71.7 Å². The van der Waals surface area contributed by atoms with Gasteiger partial charge in [0, 0.05) is 67.3 Å². The molecule has 5 aliphatic heterocycles. The van der Waals surface area contributed by atoms with Gasteiger partial charge in [-0.1, -0.05) is 36.4 Å². The van der Waals surface area contributed by atoms with Crippen LogP contribution in [-0.2, 0) is 64.2 Å². The number of aliphatic hydroxyl groups is 1. The Morgan fingerprint density at radius 2 is 1.18 bits per heavy atom. The number of hydrogen-bond donors (Lipinski definition) is 16. The topological polar surface area (TPSA) is 428 Å². The zero-order valence-electron chi connectivity index (χ0n) is 59.1. The number of nitrogens with two attached hydrogens (primary N) is 2. The number of aliphatic carboxylic acids is 1. The fourth-order valence-electron chi connectivity index (χ4n) is 16.9. The van der Waals surface area contributed by atoms with Gasteiger partial charge in [-0.15, -0.1) is 0 Å². The third-order valence-corrected chi connectivity index (χ3v) is 24.6. The summed E-state index contributed by atoms with van der Waals surface area (Å²) in [6.07, 6.45) is 1.81. The lowest BCUT2D eigenvalue weighted by Crippen LogP contribution is -2.61. The molecular formula is C72H107F2N15O13S2. The van der Waals surface area contributed by atoms with Crippen LogP contribution < -0.4 is 75.3 Å². The molecule has 2 aromatic rings. The summed E-state index contributed by atoms with van der Waals surface area (Å²) < 4.78 is 30.5. The molecule has 8 aliphatic rings. The summed E-state index contributed by atoms with van der Waals surface area (Å²) in [5.74, 6) is -9.38. The smallest absolute Gasteiger partial charge is 0.305 e. The lowest BCUT2D eigenvalue weighted by atomic mass is 9.76. The van der Waals surface area contributed by atoms with Crippen LogP contribution in [0.4, 0.5) is 8.78 Å². The minimum Gasteiger partial charge on any atom is -0.481 e. The summed E-state index contributed by atoms with van der Waals surface area (Å²) in [6.45, 7) is 1.15. The summed E-state index contributed by atoms with van der Waals surface area (Å²) in [4.78, 5) is 160. The van der Waals surface area contributed by atoms with Gasteiger partial charge in [-0.05, 0) is 193 Å². The second-order valence-corrected chi connectivity index (χ2v) is 32.0. The third kappa shape index (κ3) is 22.2. The number of carboxylic acids is 1. The number of nitrogens with zero attached hydrogens (tertiary/aromatic N) is 1. The molecule has 7 fully saturated rings. The van der Waals surface area contributed by atoms with Crippen LogP contribution >= 0.6 is 23.5 Å². The summed E-state index contributed by atoms with van der Waals surface area (Å²) in [7, 11) is 0. The Bertz CT molecular complexity index is 3350. The van der Waals surface area contributed by atoms with Gasteiger partial charge in [0.15, 0.2) is 0 Å². The highest BCUT2D eigenvalue weighted by Crippen LogP contribution is 2.40. The standard InChI is InChI=1S/C72H107F2N15O13S2/c73-45-14-18-51-49(27-45)43(31-78-51)25-54-67(97)84-55(26-44-32-79-52-19-15-46(74)28-50(44)52)68(98)86-57(30-63(93)94)70(100)85-56(29-47-33-77-38-81-47)69(99)87-58(24-39-12-16-48(90)17-13-39)72(102)89-22-5-11-60(89)71(101)88-59(65(76)95)37-104-36-42-9-4-7-40-6-3-8-41(64(40)42)35-103-23-20-61(91)82-53(10-1-2-21-75)66(96)80-34-62(92)83-54/h3-4,6-9,39,43-60,77-79,81,90H,1-2,5,10-38,75H2,(H2,76,95)(H,80,96)(H,82,91)(H,83,92)(H,84,97)(H,85,100)(H,86,98)(H,87,99)(H,88,101)(H,93,94)/t39?,43?,44?,45?,46?,47?,48?,49?,50?,51?,52?,53-,54-,55-,56-,57-,58-,59-,60-/m0/s1. The molecule has 10 amide bonds. The Balaban J connectivity index is 0.961. The highest BCUT2D eigenvalue weighted by Gasteiger charge is 2.47. The Labute approximate surface area is 614 Å². The first-order valence-electron chi connectivity index (χ1n) is 37.5. The summed E-state index contributed by atoms with van der Waals surface area (Å²) >= 11 is 2.89. The Morgan fingerprint density at radius 3 is 1.79 bits per heavy atom. The van der Waals surface area contributed by atoms with Crippen molar-refractivity contribution in [1.82, 2.24) is 68.7 Å². The maximum atomic E-state index is 15.3. The van der Waals surface area contributed by atoms with Crippen molar-refractivity contribution in [2.45, 2.75) is 231 Å². The van der Waals surface area contributed by atoms with Gasteiger partial charge in [0.25, 0.3) is 0 Å². The fraction of sp³-hybridized carbons (Fsp3) is 0.708. The number of carbonyl (C=O) groups excluding carboxylic acids is 10. The SMILES string of the molecule is NCCCC[C@@H]1NC(=O)CCSCc2cccc3cccc(c23)CSC[C@@H](C(N)=O)NC(=O)[C@@H]2CCCN2C(=O)[C@H](CC2CCC(O)CC2)NC(=O)[C@H](CC2CNCN2)NC(=O)[C@H](CC(=O)O)NC(=O)[C@H](CC2CNC3CCC(F)CC23)NC(=O)[C@H](CC2CNC3CCC(F)CC23)NC(=O)CNC1=O. The molecule has 9 unspecified atom stereocenters. The minimum absolute atomic E-state index is 0.0334. The number of alkyl halides is 2. The first kappa shape index (κ1) is 79.7. The maximum absolute atomic E-state index is 15.3. The molecule has 3 aliphatic carbocycles. The lowest BCUT2D eigenvalue weighted by molar-refractivity contribution is -0.143. The number of benzene rings is 2. The van der Waals surface area contributed by atoms with Gasteiger partial charge in [-0.25, -0.2) is 8.78 Å². The van der Waals surface area contributed by atoms with Gasteiger partial charge < -0.3 is 90.4 Å². The van der Waals surface area contributed by atoms with E-state index in [1.165, 1.54) is 28.4 Å². The molecule has 17 atom stereocenters. The van der Waals surface area contributed by atoms with E-state index in [4.69, 9.17) is 11.5 Å². The first-order chi connectivity index (χ1) is 50.1. The number of nitrogens with one attached hydrogen (secondary N) is 12. The first-order valence-corrected chi connectivity index (χ1v) is 39.8. The Hall–Kier alpha value is -6.81. The van der Waals surface area contributed by atoms with E-state index >= 15 is 28.0 Å². The van der Waals surface area contributed by atoms with Crippen molar-refractivity contribution in [3.63, 3.8) is 0 Å². The number of primary amides is 1. The number of carbonyl (C=O) groups is 11. The van der Waals surface area contributed by atoms with E-state index in [0.717, 1.165) is 21.9 Å². The van der Waals surface area contributed by atoms with Gasteiger partial charge in [0.1, 0.15) is 60.7 Å². The number of halogens is 2. The van der Waals surface area contributed by atoms with E-state index in [9.17, 15) is 43.8 Å². The molecule has 0 aromatic heterocycles. The predicted molar refractivity (Wildman–Crippen MR) is 388 cm³/mol. The number of rotatable bonds is 15. The summed E-state index contributed by atoms with van der Waals surface area (Å²) in [5, 5.41) is 58.2. The maximum Gasteiger partial charge on any atom is 0.305 e. The zero-order chi connectivity index (χ0) is 74.0. The normalized spacial score (nSPS) is 34.0. The molecule has 5 heterocycles. The predicted octanol–water partition coefficient (Wildman–Crippen LogP) is 0.382. The van der Waals surface area contributed by atoms with Crippen LogP contribution in [0.25, 0.3) is 10.8 Å². The van der Waals surface area contributed by atoms with E-state index < -0.39 is 157 Å². The van der Waals surface area contributed by atoms with E-state index in [0.29, 0.717) is 121 Å². The van der Waals surface area contributed by atoms with Crippen molar-refractivity contribution in [3.05, 3.63) is 47.5 Å². The quantitative estimate of drug-likeness (QED) is 0.107. The van der Waals surface area contributed by atoms with Crippen molar-refractivity contribution in [3.8, 4) is 0 Å². The number of fused-ring (bicyclic) bond motifs is 3. The molecule has 0 spiro atoms. The molecule has 574 valence electrons. The molecule has 28 nitrogen and oxygen atoms in total. The number of carboxylic acid groups (broad SMARTS) is 1. The minimum atomic E-state index is -1.91. The monoisotopic (exact) mass is 1490 g/mol. The van der Waals surface area contributed by atoms with Crippen LogP contribution in [-0.4, -0.2) is 223 Å². The third-order valence-electron chi connectivity index (χ3n) is 22.5. The zero-order valence-corrected chi connectivity index (χ0v) is 60.8. The summed E-state index contributed by atoms with van der Waals surface area (Å²) in [5.41, 5.74) is 13.8. The van der Waals surface area contributed by atoms with Gasteiger partial charge in [0.2, 0.25) is 59.1 Å². The molecule has 3 saturated carbocycles. The fourth-order valence-corrected chi connectivity index (χ4v) is 18.9. The van der Waals surface area contributed by atoms with Crippen molar-refractivity contribution in [2.24, 2.45) is 41.1 Å². The van der Waals surface area contributed by atoms with E-state index in [1.54, 1.807) is 0 Å². The Kier molecular flexibility index (Phi) is 29.6. The molecule has 18 N–H and O–H groups in total. The molecule has 32 heteroatoms. The van der Waals surface area contributed by atoms with Crippen LogP contribution in [0.1, 0.15) is 146 Å². The molecule has 0 bridgehead atoms. The average Bonchev–Trinajstić information content (AvgIpc) is 1.15. The highest BCUT2D eigenvalue weighted by atomic mass is 32.2. The molecule has 10 rings (SSSR count). The van der Waals surface area contributed by atoms with Gasteiger partial charge in [-0.2, -0.15) is 23.5 Å². The largest absolute Gasteiger partial charge is 0.481 e. The molecule has 2 aromatic carbocycles. The van der Waals surface area contributed by atoms with E-state index in [-0.39, 0.29) is 106 Å². The number of aliphatic hydroxyl groups excluding tert-OH is 1. The number of thioether (sulfide) groups is 2. The molecule has 0 radical (unpaired) electrons. The van der Waals surface area contributed by atoms with Crippen LogP contribution in [0.15, 0.2) is 36.4 Å². The van der Waals surface area contributed by atoms with Crippen LogP contribution in [0, 0.1) is 29.6 Å². The molecule has 104 heavy (non-hydrogen) atoms. The van der Waals surface area contributed by atoms with E-state index in [2.05, 4.69) is 63.8 Å². The number of amides is 10. The van der Waals surface area contributed by atoms with Crippen LogP contribution in [0.2, 0.25) is 0 Å². The van der Waals surface area contributed by atoms with Crippen molar-refractivity contribution >= 4 is 99.3 Å². The molecule has 4 saturated heterocycles. The number of hydrogen-bond acceptors (Lipinski definition) is 19. The summed E-state index contributed by atoms with van der Waals surface area (Å²) in [6, 6.07) is 0.225. The van der Waals surface area contributed by atoms with Crippen LogP contribution in [0.5, 0.6) is 0 Å². The average molecular weight is 1490 g/mol. The van der Waals surface area contributed by atoms with Gasteiger partial charge in [-0.3, -0.25) is 52.7 Å². The second-order valence-electron chi connectivity index (χ2n) is 29.8. The Morgan fingerprint density at radius 1 is 0.596 bits per heavy atom.